The normalized spacial score (nSPS) is 12.4. The SMILES string of the molecule is CCSCC(C)Nc1nccnc1N. The summed E-state index contributed by atoms with van der Waals surface area (Å²) < 4.78 is 0. The van der Waals surface area contributed by atoms with Crippen LogP contribution in [0.1, 0.15) is 13.8 Å². The van der Waals surface area contributed by atoms with Gasteiger partial charge in [-0.05, 0) is 12.7 Å². The third-order valence-corrected chi connectivity index (χ3v) is 2.83. The van der Waals surface area contributed by atoms with Crippen LogP contribution in [0.25, 0.3) is 0 Å². The van der Waals surface area contributed by atoms with E-state index in [9.17, 15) is 0 Å². The van der Waals surface area contributed by atoms with E-state index < -0.39 is 0 Å². The van der Waals surface area contributed by atoms with Crippen LogP contribution in [-0.4, -0.2) is 27.5 Å². The molecule has 0 spiro atoms. The van der Waals surface area contributed by atoms with Gasteiger partial charge in [0.15, 0.2) is 11.6 Å². The maximum atomic E-state index is 5.65. The van der Waals surface area contributed by atoms with E-state index in [1.165, 1.54) is 0 Å². The van der Waals surface area contributed by atoms with E-state index in [0.29, 0.717) is 17.7 Å². The smallest absolute Gasteiger partial charge is 0.169 e. The minimum Gasteiger partial charge on any atom is -0.381 e. The molecule has 0 aromatic carbocycles. The zero-order valence-electron chi connectivity index (χ0n) is 8.53. The Morgan fingerprint density at radius 1 is 1.50 bits per heavy atom. The van der Waals surface area contributed by atoms with Gasteiger partial charge in [0.2, 0.25) is 0 Å². The first-order chi connectivity index (χ1) is 6.74. The summed E-state index contributed by atoms with van der Waals surface area (Å²) in [4.78, 5) is 8.08. The van der Waals surface area contributed by atoms with Gasteiger partial charge in [-0.3, -0.25) is 0 Å². The first-order valence-electron chi connectivity index (χ1n) is 4.64. The largest absolute Gasteiger partial charge is 0.381 e. The summed E-state index contributed by atoms with van der Waals surface area (Å²) >= 11 is 1.89. The molecule has 0 saturated heterocycles. The van der Waals surface area contributed by atoms with Gasteiger partial charge >= 0.3 is 0 Å². The molecule has 1 aromatic rings. The number of hydrogen-bond acceptors (Lipinski definition) is 5. The Bertz CT molecular complexity index is 279. The van der Waals surface area contributed by atoms with Gasteiger partial charge in [0.25, 0.3) is 0 Å². The van der Waals surface area contributed by atoms with Gasteiger partial charge in [0.1, 0.15) is 0 Å². The minimum atomic E-state index is 0.360. The Kier molecular flexibility index (Phi) is 4.52. The molecule has 5 heteroatoms. The predicted molar refractivity (Wildman–Crippen MR) is 62.5 cm³/mol. The summed E-state index contributed by atoms with van der Waals surface area (Å²) in [5.74, 6) is 3.31. The predicted octanol–water partition coefficient (Wildman–Crippen LogP) is 1.61. The highest BCUT2D eigenvalue weighted by Crippen LogP contribution is 2.12. The van der Waals surface area contributed by atoms with Crippen LogP contribution >= 0.6 is 11.8 Å². The molecule has 0 aliphatic heterocycles. The van der Waals surface area contributed by atoms with Crippen molar-refractivity contribution in [1.29, 1.82) is 0 Å². The fraction of sp³-hybridized carbons (Fsp3) is 0.556. The molecule has 1 aromatic heterocycles. The van der Waals surface area contributed by atoms with Crippen LogP contribution in [-0.2, 0) is 0 Å². The molecule has 0 amide bonds. The Balaban J connectivity index is 2.47. The molecule has 0 fully saturated rings. The zero-order chi connectivity index (χ0) is 10.4. The van der Waals surface area contributed by atoms with Gasteiger partial charge in [-0.2, -0.15) is 11.8 Å². The maximum absolute atomic E-state index is 5.65. The molecule has 78 valence electrons. The molecule has 0 aliphatic carbocycles. The van der Waals surface area contributed by atoms with Crippen molar-refractivity contribution < 1.29 is 0 Å². The molecule has 1 rings (SSSR count). The number of nitrogens with zero attached hydrogens (tertiary/aromatic N) is 2. The topological polar surface area (TPSA) is 63.8 Å². The van der Waals surface area contributed by atoms with Gasteiger partial charge in [0, 0.05) is 24.2 Å². The fourth-order valence-corrected chi connectivity index (χ4v) is 1.70. The van der Waals surface area contributed by atoms with Crippen LogP contribution in [0.2, 0.25) is 0 Å². The van der Waals surface area contributed by atoms with Crippen molar-refractivity contribution >= 4 is 23.4 Å². The summed E-state index contributed by atoms with van der Waals surface area (Å²) in [5, 5.41) is 3.23. The van der Waals surface area contributed by atoms with E-state index >= 15 is 0 Å². The molecule has 0 aliphatic rings. The molecule has 0 radical (unpaired) electrons. The van der Waals surface area contributed by atoms with Crippen molar-refractivity contribution in [3.63, 3.8) is 0 Å². The molecule has 0 bridgehead atoms. The monoisotopic (exact) mass is 212 g/mol. The van der Waals surface area contributed by atoms with Crippen molar-refractivity contribution in [1.82, 2.24) is 9.97 Å². The second-order valence-electron chi connectivity index (χ2n) is 3.00. The van der Waals surface area contributed by atoms with Crippen LogP contribution in [0.15, 0.2) is 12.4 Å². The molecule has 1 atom stereocenters. The molecule has 0 saturated carbocycles. The lowest BCUT2D eigenvalue weighted by atomic mass is 10.4. The number of rotatable bonds is 5. The molecule has 14 heavy (non-hydrogen) atoms. The molecule has 4 nitrogen and oxygen atoms in total. The standard InChI is InChI=1S/C9H16N4S/c1-3-14-6-7(2)13-9-8(10)11-4-5-12-9/h4-5,7H,3,6H2,1-2H3,(H2,10,11)(H,12,13). The molecule has 3 N–H and O–H groups in total. The van der Waals surface area contributed by atoms with Crippen molar-refractivity contribution in [2.45, 2.75) is 19.9 Å². The molecule has 1 unspecified atom stereocenters. The first kappa shape index (κ1) is 11.1. The highest BCUT2D eigenvalue weighted by Gasteiger charge is 2.05. The third kappa shape index (κ3) is 3.41. The van der Waals surface area contributed by atoms with Gasteiger partial charge in [0.05, 0.1) is 0 Å². The average Bonchev–Trinajstić information content (AvgIpc) is 2.18. The first-order valence-corrected chi connectivity index (χ1v) is 5.80. The number of nitrogens with two attached hydrogens (primary N) is 1. The number of nitrogen functional groups attached to an aromatic ring is 1. The summed E-state index contributed by atoms with van der Waals surface area (Å²) in [7, 11) is 0. The lowest BCUT2D eigenvalue weighted by Gasteiger charge is -2.14. The Hall–Kier alpha value is -0.970. The summed E-state index contributed by atoms with van der Waals surface area (Å²) in [5.41, 5.74) is 5.65. The van der Waals surface area contributed by atoms with Crippen LogP contribution in [0, 0.1) is 0 Å². The molecular weight excluding hydrogens is 196 g/mol. The second-order valence-corrected chi connectivity index (χ2v) is 4.31. The van der Waals surface area contributed by atoms with E-state index in [0.717, 1.165) is 11.5 Å². The van der Waals surface area contributed by atoms with Gasteiger partial charge in [-0.15, -0.1) is 0 Å². The molecule has 1 heterocycles. The highest BCUT2D eigenvalue weighted by atomic mass is 32.2. The van der Waals surface area contributed by atoms with E-state index in [-0.39, 0.29) is 0 Å². The third-order valence-electron chi connectivity index (χ3n) is 1.68. The lowest BCUT2D eigenvalue weighted by molar-refractivity contribution is 0.900. The average molecular weight is 212 g/mol. The number of anilines is 2. The van der Waals surface area contributed by atoms with Crippen LogP contribution in [0.5, 0.6) is 0 Å². The minimum absolute atomic E-state index is 0.360. The van der Waals surface area contributed by atoms with Gasteiger partial charge < -0.3 is 11.1 Å². The van der Waals surface area contributed by atoms with Crippen LogP contribution in [0.3, 0.4) is 0 Å². The van der Waals surface area contributed by atoms with E-state index in [4.69, 9.17) is 5.73 Å². The second kappa shape index (κ2) is 5.70. The van der Waals surface area contributed by atoms with E-state index in [1.807, 2.05) is 11.8 Å². The van der Waals surface area contributed by atoms with E-state index in [1.54, 1.807) is 12.4 Å². The number of aromatic nitrogens is 2. The number of thioether (sulfide) groups is 1. The Morgan fingerprint density at radius 3 is 2.86 bits per heavy atom. The lowest BCUT2D eigenvalue weighted by Crippen LogP contribution is -2.20. The van der Waals surface area contributed by atoms with Gasteiger partial charge in [-0.1, -0.05) is 6.92 Å². The van der Waals surface area contributed by atoms with Crippen LogP contribution < -0.4 is 11.1 Å². The van der Waals surface area contributed by atoms with Crippen molar-refractivity contribution in [2.24, 2.45) is 0 Å². The highest BCUT2D eigenvalue weighted by molar-refractivity contribution is 7.99. The summed E-state index contributed by atoms with van der Waals surface area (Å²) in [6.07, 6.45) is 3.23. The summed E-state index contributed by atoms with van der Waals surface area (Å²) in [6.45, 7) is 4.25. The number of nitrogens with one attached hydrogen (secondary N) is 1. The molecular formula is C9H16N4S. The Labute approximate surface area is 88.7 Å². The maximum Gasteiger partial charge on any atom is 0.169 e. The van der Waals surface area contributed by atoms with Crippen molar-refractivity contribution in [2.75, 3.05) is 22.6 Å². The zero-order valence-corrected chi connectivity index (χ0v) is 9.34. The number of hydrogen-bond donors (Lipinski definition) is 2. The van der Waals surface area contributed by atoms with E-state index in [2.05, 4.69) is 29.1 Å². The fourth-order valence-electron chi connectivity index (χ4n) is 1.03. The van der Waals surface area contributed by atoms with Gasteiger partial charge in [-0.25, -0.2) is 9.97 Å². The summed E-state index contributed by atoms with van der Waals surface area (Å²) in [6, 6.07) is 0.360. The van der Waals surface area contributed by atoms with Crippen molar-refractivity contribution in [3.05, 3.63) is 12.4 Å². The van der Waals surface area contributed by atoms with Crippen LogP contribution in [0.4, 0.5) is 11.6 Å². The van der Waals surface area contributed by atoms with Crippen molar-refractivity contribution in [3.8, 4) is 0 Å². The quantitative estimate of drug-likeness (QED) is 0.776. The Morgan fingerprint density at radius 2 is 2.21 bits per heavy atom.